The van der Waals surface area contributed by atoms with Gasteiger partial charge in [-0.2, -0.15) is 5.10 Å². The largest absolute Gasteiger partial charge is 0.395 e. The van der Waals surface area contributed by atoms with E-state index < -0.39 is 6.03 Å². The second kappa shape index (κ2) is 6.41. The van der Waals surface area contributed by atoms with E-state index in [1.165, 1.54) is 0 Å². The first-order valence-corrected chi connectivity index (χ1v) is 7.10. The van der Waals surface area contributed by atoms with Gasteiger partial charge in [-0.3, -0.25) is 15.4 Å². The number of aromatic nitrogens is 4. The number of hydrogen-bond donors (Lipinski definition) is 4. The van der Waals surface area contributed by atoms with E-state index in [-0.39, 0.29) is 13.2 Å². The minimum absolute atomic E-state index is 0.116. The highest BCUT2D eigenvalue weighted by Crippen LogP contribution is 2.26. The van der Waals surface area contributed by atoms with Crippen LogP contribution in [0.25, 0.3) is 22.2 Å². The van der Waals surface area contributed by atoms with Gasteiger partial charge in [0, 0.05) is 41.6 Å². The Hall–Kier alpha value is -3.00. The van der Waals surface area contributed by atoms with Gasteiger partial charge in [-0.05, 0) is 19.1 Å². The van der Waals surface area contributed by atoms with Gasteiger partial charge in [-0.25, -0.2) is 9.78 Å². The first-order chi connectivity index (χ1) is 11.2. The van der Waals surface area contributed by atoms with Gasteiger partial charge in [-0.15, -0.1) is 0 Å². The van der Waals surface area contributed by atoms with E-state index in [9.17, 15) is 4.79 Å². The first kappa shape index (κ1) is 14.9. The molecule has 0 atom stereocenters. The summed E-state index contributed by atoms with van der Waals surface area (Å²) in [6, 6.07) is 5.12. The molecule has 3 rings (SSSR count). The maximum absolute atomic E-state index is 11.6. The summed E-state index contributed by atoms with van der Waals surface area (Å²) in [5.74, 6) is 0.397. The Bertz CT molecular complexity index is 845. The molecule has 2 amide bonds. The molecule has 3 aromatic heterocycles. The van der Waals surface area contributed by atoms with Crippen molar-refractivity contribution in [3.8, 4) is 11.3 Å². The van der Waals surface area contributed by atoms with E-state index in [4.69, 9.17) is 5.11 Å². The fourth-order valence-corrected chi connectivity index (χ4v) is 2.22. The van der Waals surface area contributed by atoms with Gasteiger partial charge in [0.2, 0.25) is 0 Å². The van der Waals surface area contributed by atoms with Crippen LogP contribution in [0.1, 0.15) is 5.69 Å². The van der Waals surface area contributed by atoms with Crippen LogP contribution in [-0.4, -0.2) is 44.5 Å². The van der Waals surface area contributed by atoms with Gasteiger partial charge in [-0.1, -0.05) is 0 Å². The monoisotopic (exact) mass is 312 g/mol. The van der Waals surface area contributed by atoms with Crippen molar-refractivity contribution in [3.05, 3.63) is 36.3 Å². The van der Waals surface area contributed by atoms with Crippen LogP contribution in [0.15, 0.2) is 30.6 Å². The molecule has 23 heavy (non-hydrogen) atoms. The van der Waals surface area contributed by atoms with E-state index in [1.807, 2.05) is 19.1 Å². The Labute approximate surface area is 132 Å². The molecule has 0 aliphatic carbocycles. The number of aromatic amines is 1. The molecular formula is C15H16N6O2. The van der Waals surface area contributed by atoms with Crippen molar-refractivity contribution in [2.45, 2.75) is 6.92 Å². The van der Waals surface area contributed by atoms with Crippen LogP contribution >= 0.6 is 0 Å². The average Bonchev–Trinajstić information content (AvgIpc) is 2.96. The zero-order valence-electron chi connectivity index (χ0n) is 12.5. The fourth-order valence-electron chi connectivity index (χ4n) is 2.22. The third-order valence-corrected chi connectivity index (χ3v) is 3.26. The third-order valence-electron chi connectivity index (χ3n) is 3.26. The van der Waals surface area contributed by atoms with Gasteiger partial charge >= 0.3 is 6.03 Å². The number of H-pyrrole nitrogens is 1. The number of urea groups is 1. The Kier molecular flexibility index (Phi) is 4.15. The van der Waals surface area contributed by atoms with Crippen molar-refractivity contribution >= 4 is 22.8 Å². The highest BCUT2D eigenvalue weighted by Gasteiger charge is 2.11. The van der Waals surface area contributed by atoms with Crippen molar-refractivity contribution in [2.24, 2.45) is 0 Å². The lowest BCUT2D eigenvalue weighted by molar-refractivity contribution is 0.244. The summed E-state index contributed by atoms with van der Waals surface area (Å²) in [7, 11) is 0. The van der Waals surface area contributed by atoms with Crippen molar-refractivity contribution in [2.75, 3.05) is 18.5 Å². The summed E-state index contributed by atoms with van der Waals surface area (Å²) >= 11 is 0. The zero-order chi connectivity index (χ0) is 16.2. The van der Waals surface area contributed by atoms with Gasteiger partial charge in [0.1, 0.15) is 11.5 Å². The predicted octanol–water partition coefficient (Wildman–Crippen LogP) is 1.44. The second-order valence-electron chi connectivity index (χ2n) is 4.98. The maximum Gasteiger partial charge on any atom is 0.320 e. The minimum Gasteiger partial charge on any atom is -0.395 e. The molecule has 0 aliphatic heterocycles. The first-order valence-electron chi connectivity index (χ1n) is 7.10. The van der Waals surface area contributed by atoms with Gasteiger partial charge in [0.15, 0.2) is 0 Å². The number of carbonyl (C=O) groups is 1. The molecule has 8 nitrogen and oxygen atoms in total. The number of carbonyl (C=O) groups excluding carboxylic acids is 1. The van der Waals surface area contributed by atoms with E-state index in [0.717, 1.165) is 27.9 Å². The highest BCUT2D eigenvalue weighted by atomic mass is 16.3. The SMILES string of the molecule is Cc1cc(-c2n[nH]c3cc(NC(=O)NCCO)ncc23)ccn1. The molecule has 0 saturated heterocycles. The number of nitrogens with one attached hydrogen (secondary N) is 3. The summed E-state index contributed by atoms with van der Waals surface area (Å²) in [6.45, 7) is 1.99. The fraction of sp³-hybridized carbons (Fsp3) is 0.200. The third kappa shape index (κ3) is 3.27. The Balaban J connectivity index is 1.87. The Morgan fingerprint density at radius 2 is 2.22 bits per heavy atom. The summed E-state index contributed by atoms with van der Waals surface area (Å²) in [4.78, 5) is 20.0. The predicted molar refractivity (Wildman–Crippen MR) is 86.0 cm³/mol. The zero-order valence-corrected chi connectivity index (χ0v) is 12.5. The molecule has 0 fully saturated rings. The lowest BCUT2D eigenvalue weighted by Gasteiger charge is -2.05. The Morgan fingerprint density at radius 3 is 3.00 bits per heavy atom. The van der Waals surface area contributed by atoms with Crippen molar-refractivity contribution < 1.29 is 9.90 Å². The number of aliphatic hydroxyl groups is 1. The number of amides is 2. The molecular weight excluding hydrogens is 296 g/mol. The molecule has 118 valence electrons. The number of anilines is 1. The van der Waals surface area contributed by atoms with E-state index in [1.54, 1.807) is 18.5 Å². The molecule has 3 heterocycles. The summed E-state index contributed by atoms with van der Waals surface area (Å²) < 4.78 is 0. The molecule has 0 saturated carbocycles. The highest BCUT2D eigenvalue weighted by molar-refractivity contribution is 5.95. The van der Waals surface area contributed by atoms with Gasteiger partial charge < -0.3 is 10.4 Å². The minimum atomic E-state index is -0.421. The van der Waals surface area contributed by atoms with Crippen LogP contribution in [0.3, 0.4) is 0 Å². The molecule has 8 heteroatoms. The number of rotatable bonds is 4. The summed E-state index contributed by atoms with van der Waals surface area (Å²) in [5, 5.41) is 21.9. The number of hydrogen-bond acceptors (Lipinski definition) is 5. The van der Waals surface area contributed by atoms with Gasteiger partial charge in [0.05, 0.1) is 12.1 Å². The molecule has 4 N–H and O–H groups in total. The van der Waals surface area contributed by atoms with Gasteiger partial charge in [0.25, 0.3) is 0 Å². The number of aryl methyl sites for hydroxylation is 1. The van der Waals surface area contributed by atoms with Crippen LogP contribution in [0, 0.1) is 6.92 Å². The topological polar surface area (TPSA) is 116 Å². The lowest BCUT2D eigenvalue weighted by Crippen LogP contribution is -2.31. The van der Waals surface area contributed by atoms with Crippen LogP contribution in [0.4, 0.5) is 10.6 Å². The number of aliphatic hydroxyl groups excluding tert-OH is 1. The summed E-state index contributed by atoms with van der Waals surface area (Å²) in [6.07, 6.45) is 3.39. The maximum atomic E-state index is 11.6. The number of nitrogens with zero attached hydrogens (tertiary/aromatic N) is 3. The number of fused-ring (bicyclic) bond motifs is 1. The molecule has 0 unspecified atom stereocenters. The van der Waals surface area contributed by atoms with E-state index >= 15 is 0 Å². The normalized spacial score (nSPS) is 10.7. The number of pyridine rings is 2. The van der Waals surface area contributed by atoms with Crippen LogP contribution in [-0.2, 0) is 0 Å². The van der Waals surface area contributed by atoms with Crippen LogP contribution < -0.4 is 10.6 Å². The molecule has 3 aromatic rings. The molecule has 0 aliphatic rings. The molecule has 0 aromatic carbocycles. The quantitative estimate of drug-likeness (QED) is 0.582. The van der Waals surface area contributed by atoms with E-state index in [0.29, 0.717) is 5.82 Å². The average molecular weight is 312 g/mol. The van der Waals surface area contributed by atoms with E-state index in [2.05, 4.69) is 30.8 Å². The molecule has 0 bridgehead atoms. The molecule has 0 radical (unpaired) electrons. The Morgan fingerprint density at radius 1 is 1.35 bits per heavy atom. The lowest BCUT2D eigenvalue weighted by atomic mass is 10.1. The van der Waals surface area contributed by atoms with Crippen molar-refractivity contribution in [1.29, 1.82) is 0 Å². The van der Waals surface area contributed by atoms with Crippen LogP contribution in [0.2, 0.25) is 0 Å². The van der Waals surface area contributed by atoms with Crippen LogP contribution in [0.5, 0.6) is 0 Å². The molecule has 0 spiro atoms. The van der Waals surface area contributed by atoms with Crippen molar-refractivity contribution in [1.82, 2.24) is 25.5 Å². The summed E-state index contributed by atoms with van der Waals surface area (Å²) in [5.41, 5.74) is 3.41. The van der Waals surface area contributed by atoms with Crippen molar-refractivity contribution in [3.63, 3.8) is 0 Å². The second-order valence-corrected chi connectivity index (χ2v) is 4.98. The smallest absolute Gasteiger partial charge is 0.320 e. The standard InChI is InChI=1S/C15H16N6O2/c1-9-6-10(2-3-16-9)14-11-8-18-13(7-12(11)20-21-14)19-15(23)17-4-5-22/h2-3,6-8,22H,4-5H2,1H3,(H,20,21)(H2,17,18,19,23).